The third-order valence-corrected chi connectivity index (χ3v) is 4.16. The fourth-order valence-electron chi connectivity index (χ4n) is 2.84. The van der Waals surface area contributed by atoms with E-state index in [0.29, 0.717) is 29.4 Å². The highest BCUT2D eigenvalue weighted by molar-refractivity contribution is 6.07. The molecule has 0 aliphatic carbocycles. The second-order valence-electron chi connectivity index (χ2n) is 9.36. The maximum absolute atomic E-state index is 12.6. The molecule has 0 saturated heterocycles. The molecule has 0 radical (unpaired) electrons. The summed E-state index contributed by atoms with van der Waals surface area (Å²) in [6.07, 6.45) is 5.07. The first kappa shape index (κ1) is 24.3. The van der Waals surface area contributed by atoms with Crippen LogP contribution < -0.4 is 14.2 Å². The predicted molar refractivity (Wildman–Crippen MR) is 127 cm³/mol. The molecular formula is C27H34O4. The van der Waals surface area contributed by atoms with Crippen LogP contribution >= 0.6 is 0 Å². The van der Waals surface area contributed by atoms with Gasteiger partial charge in [0.05, 0.1) is 0 Å². The number of allylic oxidation sites excluding steroid dienone is 1. The number of carbonyl (C=O) groups excluding carboxylic acids is 1. The van der Waals surface area contributed by atoms with Crippen LogP contribution in [-0.4, -0.2) is 23.6 Å². The molecule has 2 aromatic rings. The summed E-state index contributed by atoms with van der Waals surface area (Å²) in [4.78, 5) is 12.6. The van der Waals surface area contributed by atoms with E-state index < -0.39 is 0 Å². The van der Waals surface area contributed by atoms with Crippen molar-refractivity contribution in [3.63, 3.8) is 0 Å². The van der Waals surface area contributed by atoms with Crippen LogP contribution in [0.5, 0.6) is 17.2 Å². The Bertz CT molecular complexity index is 939. The summed E-state index contributed by atoms with van der Waals surface area (Å²) < 4.78 is 17.8. The predicted octanol–water partition coefficient (Wildman–Crippen LogP) is 6.81. The molecule has 0 spiro atoms. The van der Waals surface area contributed by atoms with Gasteiger partial charge < -0.3 is 14.2 Å². The molecule has 0 aliphatic heterocycles. The molecule has 0 aliphatic rings. The summed E-state index contributed by atoms with van der Waals surface area (Å²) in [7, 11) is 0. The van der Waals surface area contributed by atoms with E-state index in [-0.39, 0.29) is 17.0 Å². The second kappa shape index (κ2) is 9.86. The summed E-state index contributed by atoms with van der Waals surface area (Å²) in [6.45, 7) is 18.0. The minimum atomic E-state index is -0.381. The zero-order valence-corrected chi connectivity index (χ0v) is 19.7. The molecule has 4 heteroatoms. The maximum Gasteiger partial charge on any atom is 0.185 e. The summed E-state index contributed by atoms with van der Waals surface area (Å²) >= 11 is 0. The SMILES string of the molecule is C=CCOc1ccc(C(=O)C=Cc2ccc(OC(C)(C)C)c(OC(C)(C)C)c2C)cc1. The number of rotatable bonds is 8. The maximum atomic E-state index is 12.6. The van der Waals surface area contributed by atoms with Gasteiger partial charge >= 0.3 is 0 Å². The molecule has 0 heterocycles. The Labute approximate surface area is 186 Å². The van der Waals surface area contributed by atoms with Crippen LogP contribution in [0.15, 0.2) is 55.1 Å². The summed E-state index contributed by atoms with van der Waals surface area (Å²) in [6, 6.07) is 10.9. The fraction of sp³-hybridized carbons (Fsp3) is 0.370. The Morgan fingerprint density at radius 2 is 1.55 bits per heavy atom. The summed E-state index contributed by atoms with van der Waals surface area (Å²) in [5.41, 5.74) is 1.69. The first-order chi connectivity index (χ1) is 14.4. The highest BCUT2D eigenvalue weighted by Gasteiger charge is 2.22. The van der Waals surface area contributed by atoms with E-state index in [1.54, 1.807) is 36.4 Å². The van der Waals surface area contributed by atoms with Crippen LogP contribution in [0.1, 0.15) is 63.0 Å². The van der Waals surface area contributed by atoms with Gasteiger partial charge in [-0.2, -0.15) is 0 Å². The van der Waals surface area contributed by atoms with E-state index in [4.69, 9.17) is 14.2 Å². The second-order valence-corrected chi connectivity index (χ2v) is 9.36. The first-order valence-corrected chi connectivity index (χ1v) is 10.5. The van der Waals surface area contributed by atoms with Gasteiger partial charge in [0, 0.05) is 11.1 Å². The average Bonchev–Trinajstić information content (AvgIpc) is 2.67. The van der Waals surface area contributed by atoms with E-state index in [1.807, 2.05) is 66.7 Å². The zero-order valence-electron chi connectivity index (χ0n) is 19.7. The molecule has 31 heavy (non-hydrogen) atoms. The Morgan fingerprint density at radius 1 is 0.935 bits per heavy atom. The smallest absolute Gasteiger partial charge is 0.185 e. The molecule has 0 bridgehead atoms. The van der Waals surface area contributed by atoms with Crippen molar-refractivity contribution in [3.8, 4) is 17.2 Å². The molecule has 2 rings (SSSR count). The number of ketones is 1. The minimum absolute atomic E-state index is 0.0806. The summed E-state index contributed by atoms with van der Waals surface area (Å²) in [5.74, 6) is 2.01. The standard InChI is InChI=1S/C27H34O4/c1-9-18-29-22-14-10-21(11-15-22)23(28)16-12-20-13-17-24(30-26(3,4)5)25(19(20)2)31-27(6,7)8/h9-17H,1,18H2,2-8H3. The Balaban J connectivity index is 2.29. The van der Waals surface area contributed by atoms with Crippen molar-refractivity contribution in [1.82, 2.24) is 0 Å². The van der Waals surface area contributed by atoms with Crippen molar-refractivity contribution in [3.05, 3.63) is 71.8 Å². The molecule has 0 N–H and O–H groups in total. The first-order valence-electron chi connectivity index (χ1n) is 10.5. The van der Waals surface area contributed by atoms with Gasteiger partial charge in [-0.3, -0.25) is 4.79 Å². The number of hydrogen-bond acceptors (Lipinski definition) is 4. The highest BCUT2D eigenvalue weighted by atomic mass is 16.5. The van der Waals surface area contributed by atoms with Gasteiger partial charge in [-0.15, -0.1) is 0 Å². The van der Waals surface area contributed by atoms with Crippen LogP contribution in [-0.2, 0) is 0 Å². The lowest BCUT2D eigenvalue weighted by Gasteiger charge is -2.28. The van der Waals surface area contributed by atoms with Gasteiger partial charge in [0.15, 0.2) is 17.3 Å². The molecule has 0 atom stereocenters. The van der Waals surface area contributed by atoms with E-state index in [0.717, 1.165) is 11.1 Å². The Morgan fingerprint density at radius 3 is 2.10 bits per heavy atom. The quantitative estimate of drug-likeness (QED) is 0.266. The monoisotopic (exact) mass is 422 g/mol. The zero-order chi connectivity index (χ0) is 23.2. The lowest BCUT2D eigenvalue weighted by Crippen LogP contribution is -2.27. The Hall–Kier alpha value is -3.01. The van der Waals surface area contributed by atoms with Crippen molar-refractivity contribution in [2.75, 3.05) is 6.61 Å². The van der Waals surface area contributed by atoms with Crippen LogP contribution in [0.3, 0.4) is 0 Å². The topological polar surface area (TPSA) is 44.8 Å². The largest absolute Gasteiger partial charge is 0.490 e. The normalized spacial score (nSPS) is 12.0. The molecule has 166 valence electrons. The van der Waals surface area contributed by atoms with Gasteiger partial charge in [0.1, 0.15) is 23.6 Å². The third kappa shape index (κ3) is 7.63. The lowest BCUT2D eigenvalue weighted by atomic mass is 10.0. The highest BCUT2D eigenvalue weighted by Crippen LogP contribution is 2.38. The van der Waals surface area contributed by atoms with Crippen molar-refractivity contribution in [2.24, 2.45) is 0 Å². The van der Waals surface area contributed by atoms with E-state index in [1.165, 1.54) is 0 Å². The number of carbonyl (C=O) groups is 1. The average molecular weight is 423 g/mol. The van der Waals surface area contributed by atoms with Crippen LogP contribution in [0.4, 0.5) is 0 Å². The lowest BCUT2D eigenvalue weighted by molar-refractivity contribution is 0.0950. The van der Waals surface area contributed by atoms with E-state index in [9.17, 15) is 4.79 Å². The van der Waals surface area contributed by atoms with Crippen molar-refractivity contribution in [1.29, 1.82) is 0 Å². The molecule has 0 aromatic heterocycles. The van der Waals surface area contributed by atoms with Gasteiger partial charge in [-0.05, 0) is 90.4 Å². The molecule has 0 unspecified atom stereocenters. The molecular weight excluding hydrogens is 388 g/mol. The molecule has 4 nitrogen and oxygen atoms in total. The Kier molecular flexibility index (Phi) is 7.72. The van der Waals surface area contributed by atoms with Gasteiger partial charge in [0.2, 0.25) is 0 Å². The number of hydrogen-bond donors (Lipinski definition) is 0. The van der Waals surface area contributed by atoms with Gasteiger partial charge in [-0.1, -0.05) is 24.8 Å². The summed E-state index contributed by atoms with van der Waals surface area (Å²) in [5, 5.41) is 0. The minimum Gasteiger partial charge on any atom is -0.490 e. The van der Waals surface area contributed by atoms with E-state index in [2.05, 4.69) is 6.58 Å². The van der Waals surface area contributed by atoms with E-state index >= 15 is 0 Å². The van der Waals surface area contributed by atoms with Gasteiger partial charge in [-0.25, -0.2) is 0 Å². The van der Waals surface area contributed by atoms with Crippen LogP contribution in [0.2, 0.25) is 0 Å². The van der Waals surface area contributed by atoms with Crippen LogP contribution in [0, 0.1) is 6.92 Å². The van der Waals surface area contributed by atoms with Crippen LogP contribution in [0.25, 0.3) is 6.08 Å². The van der Waals surface area contributed by atoms with Crippen molar-refractivity contribution >= 4 is 11.9 Å². The number of benzene rings is 2. The number of ether oxygens (including phenoxy) is 3. The van der Waals surface area contributed by atoms with Crippen molar-refractivity contribution < 1.29 is 19.0 Å². The molecule has 2 aromatic carbocycles. The molecule has 0 saturated carbocycles. The van der Waals surface area contributed by atoms with Gasteiger partial charge in [0.25, 0.3) is 0 Å². The third-order valence-electron chi connectivity index (χ3n) is 4.16. The molecule has 0 fully saturated rings. The molecule has 0 amide bonds. The fourth-order valence-corrected chi connectivity index (χ4v) is 2.84. The van der Waals surface area contributed by atoms with Crippen molar-refractivity contribution in [2.45, 2.75) is 59.7 Å².